The van der Waals surface area contributed by atoms with Crippen LogP contribution in [0.25, 0.3) is 0 Å². The monoisotopic (exact) mass is 250 g/mol. The van der Waals surface area contributed by atoms with E-state index < -0.39 is 5.97 Å². The van der Waals surface area contributed by atoms with Crippen molar-refractivity contribution in [3.63, 3.8) is 0 Å². The smallest absolute Gasteiger partial charge is 0.376 e. The summed E-state index contributed by atoms with van der Waals surface area (Å²) in [5, 5.41) is 0. The maximum Gasteiger partial charge on any atom is 0.376 e. The molecule has 1 aliphatic heterocycles. The Kier molecular flexibility index (Phi) is 4.09. The number of esters is 1. The largest absolute Gasteiger partial charge is 0.463 e. The van der Waals surface area contributed by atoms with Gasteiger partial charge in [0.25, 0.3) is 0 Å². The van der Waals surface area contributed by atoms with Gasteiger partial charge in [-0.3, -0.25) is 0 Å². The average Bonchev–Trinajstić information content (AvgIpc) is 2.46. The highest BCUT2D eigenvalue weighted by Gasteiger charge is 2.21. The number of anilines is 1. The van der Waals surface area contributed by atoms with E-state index in [1.54, 1.807) is 6.20 Å². The van der Waals surface area contributed by atoms with E-state index in [-0.39, 0.29) is 5.82 Å². The van der Waals surface area contributed by atoms with Crippen molar-refractivity contribution in [2.45, 2.75) is 12.8 Å². The minimum absolute atomic E-state index is 0.102. The number of methoxy groups -OCH3 is 1. The van der Waals surface area contributed by atoms with Crippen LogP contribution in [0.2, 0.25) is 0 Å². The fourth-order valence-electron chi connectivity index (χ4n) is 2.18. The van der Waals surface area contributed by atoms with Gasteiger partial charge in [-0.25, -0.2) is 14.8 Å². The molecule has 18 heavy (non-hydrogen) atoms. The predicted octanol–water partition coefficient (Wildman–Crippen LogP) is 0.438. The number of rotatable bonds is 3. The number of nitrogens with zero attached hydrogens (tertiary/aromatic N) is 3. The van der Waals surface area contributed by atoms with Crippen LogP contribution in [0.5, 0.6) is 0 Å². The molecule has 1 saturated heterocycles. The Morgan fingerprint density at radius 2 is 2.50 bits per heavy atom. The highest BCUT2D eigenvalue weighted by molar-refractivity contribution is 5.85. The zero-order valence-electron chi connectivity index (χ0n) is 10.5. The molecule has 2 N–H and O–H groups in total. The van der Waals surface area contributed by atoms with E-state index in [9.17, 15) is 4.79 Å². The molecule has 0 aromatic carbocycles. The lowest BCUT2D eigenvalue weighted by Gasteiger charge is -2.32. The van der Waals surface area contributed by atoms with Crippen LogP contribution in [0.1, 0.15) is 23.5 Å². The quantitative estimate of drug-likeness (QED) is 0.784. The SMILES string of the molecule is COC(=O)c1nccc(N2CCCC(CN)C2)n1. The van der Waals surface area contributed by atoms with Crippen LogP contribution >= 0.6 is 0 Å². The lowest BCUT2D eigenvalue weighted by molar-refractivity contribution is 0.0586. The summed E-state index contributed by atoms with van der Waals surface area (Å²) in [4.78, 5) is 21.7. The molecule has 0 saturated carbocycles. The minimum atomic E-state index is -0.510. The lowest BCUT2D eigenvalue weighted by Crippen LogP contribution is -2.39. The molecule has 1 fully saturated rings. The Labute approximate surface area is 106 Å². The second-order valence-electron chi connectivity index (χ2n) is 4.42. The minimum Gasteiger partial charge on any atom is -0.463 e. The lowest BCUT2D eigenvalue weighted by atomic mass is 9.98. The summed E-state index contributed by atoms with van der Waals surface area (Å²) in [6, 6.07) is 1.81. The molecule has 98 valence electrons. The topological polar surface area (TPSA) is 81.3 Å². The molecular weight excluding hydrogens is 232 g/mol. The maximum atomic E-state index is 11.4. The number of hydrogen-bond donors (Lipinski definition) is 1. The summed E-state index contributed by atoms with van der Waals surface area (Å²) in [5.41, 5.74) is 5.71. The number of hydrogen-bond acceptors (Lipinski definition) is 6. The molecule has 2 rings (SSSR count). The Morgan fingerprint density at radius 1 is 1.67 bits per heavy atom. The van der Waals surface area contributed by atoms with Crippen LogP contribution < -0.4 is 10.6 Å². The third kappa shape index (κ3) is 2.76. The van der Waals surface area contributed by atoms with E-state index in [0.29, 0.717) is 12.5 Å². The summed E-state index contributed by atoms with van der Waals surface area (Å²) in [6.07, 6.45) is 3.84. The van der Waals surface area contributed by atoms with Gasteiger partial charge in [-0.15, -0.1) is 0 Å². The van der Waals surface area contributed by atoms with Crippen molar-refractivity contribution in [1.82, 2.24) is 9.97 Å². The summed E-state index contributed by atoms with van der Waals surface area (Å²) in [5.74, 6) is 0.855. The van der Waals surface area contributed by atoms with E-state index in [2.05, 4.69) is 19.6 Å². The molecule has 0 aliphatic carbocycles. The second kappa shape index (κ2) is 5.77. The first-order valence-electron chi connectivity index (χ1n) is 6.11. The zero-order valence-corrected chi connectivity index (χ0v) is 10.5. The fraction of sp³-hybridized carbons (Fsp3) is 0.583. The Bertz CT molecular complexity index is 424. The third-order valence-electron chi connectivity index (χ3n) is 3.19. The van der Waals surface area contributed by atoms with E-state index in [4.69, 9.17) is 5.73 Å². The molecule has 1 aromatic heterocycles. The molecule has 1 aliphatic rings. The highest BCUT2D eigenvalue weighted by atomic mass is 16.5. The second-order valence-corrected chi connectivity index (χ2v) is 4.42. The maximum absolute atomic E-state index is 11.4. The van der Waals surface area contributed by atoms with Crippen molar-refractivity contribution < 1.29 is 9.53 Å². The zero-order chi connectivity index (χ0) is 13.0. The van der Waals surface area contributed by atoms with Crippen LogP contribution in [0.4, 0.5) is 5.82 Å². The Hall–Kier alpha value is -1.69. The first-order chi connectivity index (χ1) is 8.74. The molecule has 0 radical (unpaired) electrons. The fourth-order valence-corrected chi connectivity index (χ4v) is 2.18. The van der Waals surface area contributed by atoms with Crippen molar-refractivity contribution in [2.75, 3.05) is 31.6 Å². The number of ether oxygens (including phenoxy) is 1. The molecule has 6 nitrogen and oxygen atoms in total. The predicted molar refractivity (Wildman–Crippen MR) is 67.4 cm³/mol. The summed E-state index contributed by atoms with van der Waals surface area (Å²) in [7, 11) is 1.32. The van der Waals surface area contributed by atoms with Gasteiger partial charge >= 0.3 is 5.97 Å². The van der Waals surface area contributed by atoms with Crippen molar-refractivity contribution in [3.8, 4) is 0 Å². The van der Waals surface area contributed by atoms with Crippen LogP contribution in [-0.2, 0) is 4.74 Å². The van der Waals surface area contributed by atoms with Gasteiger partial charge < -0.3 is 15.4 Å². The summed E-state index contributed by atoms with van der Waals surface area (Å²) in [6.45, 7) is 2.51. The number of nitrogens with two attached hydrogens (primary N) is 1. The summed E-state index contributed by atoms with van der Waals surface area (Å²) >= 11 is 0. The van der Waals surface area contributed by atoms with Gasteiger partial charge in [0.2, 0.25) is 5.82 Å². The molecule has 1 atom stereocenters. The van der Waals surface area contributed by atoms with Gasteiger partial charge in [0.05, 0.1) is 7.11 Å². The van der Waals surface area contributed by atoms with E-state index in [1.807, 2.05) is 6.07 Å². The number of carbonyl (C=O) groups is 1. The van der Waals surface area contributed by atoms with E-state index in [0.717, 1.165) is 31.7 Å². The molecule has 2 heterocycles. The average molecular weight is 250 g/mol. The molecule has 1 unspecified atom stereocenters. The Balaban J connectivity index is 2.15. The highest BCUT2D eigenvalue weighted by Crippen LogP contribution is 2.20. The standard InChI is InChI=1S/C12H18N4O2/c1-18-12(17)11-14-5-4-10(15-11)16-6-2-3-9(7-13)8-16/h4-5,9H,2-3,6-8,13H2,1H3. The van der Waals surface area contributed by atoms with E-state index in [1.165, 1.54) is 7.11 Å². The van der Waals surface area contributed by atoms with Crippen molar-refractivity contribution in [1.29, 1.82) is 0 Å². The molecule has 1 aromatic rings. The first kappa shape index (κ1) is 12.8. The molecule has 0 amide bonds. The van der Waals surface area contributed by atoms with Crippen LogP contribution in [0.15, 0.2) is 12.3 Å². The van der Waals surface area contributed by atoms with Crippen LogP contribution in [-0.4, -0.2) is 42.7 Å². The molecular formula is C12H18N4O2. The van der Waals surface area contributed by atoms with Gasteiger partial charge in [-0.1, -0.05) is 0 Å². The van der Waals surface area contributed by atoms with Gasteiger partial charge in [0.15, 0.2) is 0 Å². The van der Waals surface area contributed by atoms with Gasteiger partial charge in [0.1, 0.15) is 5.82 Å². The number of aromatic nitrogens is 2. The Morgan fingerprint density at radius 3 is 3.22 bits per heavy atom. The van der Waals surface area contributed by atoms with Crippen LogP contribution in [0, 0.1) is 5.92 Å². The van der Waals surface area contributed by atoms with Gasteiger partial charge in [-0.05, 0) is 31.4 Å². The normalized spacial score (nSPS) is 19.7. The van der Waals surface area contributed by atoms with Crippen molar-refractivity contribution in [2.24, 2.45) is 11.7 Å². The first-order valence-corrected chi connectivity index (χ1v) is 6.11. The molecule has 0 spiro atoms. The van der Waals surface area contributed by atoms with Crippen molar-refractivity contribution >= 4 is 11.8 Å². The third-order valence-corrected chi connectivity index (χ3v) is 3.19. The number of carbonyl (C=O) groups excluding carboxylic acids is 1. The van der Waals surface area contributed by atoms with Crippen molar-refractivity contribution in [3.05, 3.63) is 18.1 Å². The number of piperidine rings is 1. The molecule has 0 bridgehead atoms. The van der Waals surface area contributed by atoms with Gasteiger partial charge in [0, 0.05) is 19.3 Å². The van der Waals surface area contributed by atoms with Gasteiger partial charge in [-0.2, -0.15) is 0 Å². The van der Waals surface area contributed by atoms with Crippen LogP contribution in [0.3, 0.4) is 0 Å². The molecule has 6 heteroatoms. The summed E-state index contributed by atoms with van der Waals surface area (Å²) < 4.78 is 4.62. The van der Waals surface area contributed by atoms with E-state index >= 15 is 0 Å².